The number of Topliss-reactive ketones (excluding diaryl/α,β-unsaturated/α-hetero) is 1. The maximum atomic E-state index is 12.5. The number of carbonyl (C=O) groups excluding carboxylic acids is 2. The van der Waals surface area contributed by atoms with Crippen molar-refractivity contribution in [3.63, 3.8) is 0 Å². The smallest absolute Gasteiger partial charge is 0.316 e. The average Bonchev–Trinajstić information content (AvgIpc) is 3.13. The van der Waals surface area contributed by atoms with Crippen LogP contribution in [-0.4, -0.2) is 29.2 Å². The normalized spacial score (nSPS) is 22.9. The molecule has 0 radical (unpaired) electrons. The lowest BCUT2D eigenvalue weighted by atomic mass is 9.76. The summed E-state index contributed by atoms with van der Waals surface area (Å²) in [5.74, 6) is -0.761. The van der Waals surface area contributed by atoms with Gasteiger partial charge >= 0.3 is 5.97 Å². The van der Waals surface area contributed by atoms with Crippen molar-refractivity contribution in [2.45, 2.75) is 32.1 Å². The number of ketones is 1. The second-order valence-corrected chi connectivity index (χ2v) is 6.78. The molecule has 0 bridgehead atoms. The minimum atomic E-state index is -0.647. The Morgan fingerprint density at radius 2 is 2.36 bits per heavy atom. The molecule has 1 aromatic rings. The largest absolute Gasteiger partial charge is 0.469 e. The van der Waals surface area contributed by atoms with Crippen LogP contribution in [0.15, 0.2) is 39.1 Å². The van der Waals surface area contributed by atoms with Gasteiger partial charge in [0.15, 0.2) is 5.78 Å². The summed E-state index contributed by atoms with van der Waals surface area (Å²) in [4.78, 5) is 28.7. The molecule has 0 fully saturated rings. The van der Waals surface area contributed by atoms with E-state index in [9.17, 15) is 14.9 Å². The van der Waals surface area contributed by atoms with Crippen LogP contribution in [0.25, 0.3) is 0 Å². The minimum absolute atomic E-state index is 0.0288. The third-order valence-electron chi connectivity index (χ3n) is 4.22. The summed E-state index contributed by atoms with van der Waals surface area (Å²) >= 11 is 1.20. The molecule has 1 unspecified atom stereocenters. The van der Waals surface area contributed by atoms with Crippen LogP contribution in [0.1, 0.15) is 37.9 Å². The first-order valence-corrected chi connectivity index (χ1v) is 9.20. The third-order valence-corrected chi connectivity index (χ3v) is 5.24. The SMILES string of the molecule is CCOC(=O)CSC1=NC2=C(C(=O)CCC2)[C@@H](c2ccco2)C1C#N. The van der Waals surface area contributed by atoms with E-state index >= 15 is 0 Å². The van der Waals surface area contributed by atoms with E-state index in [0.29, 0.717) is 35.8 Å². The van der Waals surface area contributed by atoms with Crippen molar-refractivity contribution in [3.8, 4) is 6.07 Å². The van der Waals surface area contributed by atoms with E-state index in [0.717, 1.165) is 12.1 Å². The molecule has 1 aliphatic heterocycles. The monoisotopic (exact) mass is 358 g/mol. The highest BCUT2D eigenvalue weighted by atomic mass is 32.2. The fourth-order valence-electron chi connectivity index (χ4n) is 3.19. The number of nitrogens with zero attached hydrogens (tertiary/aromatic N) is 2. The Labute approximate surface area is 149 Å². The molecule has 0 N–H and O–H groups in total. The summed E-state index contributed by atoms with van der Waals surface area (Å²) in [6.07, 6.45) is 3.45. The highest BCUT2D eigenvalue weighted by Crippen LogP contribution is 2.44. The number of carbonyl (C=O) groups is 2. The maximum Gasteiger partial charge on any atom is 0.316 e. The number of furan rings is 1. The number of hydrogen-bond acceptors (Lipinski definition) is 7. The molecule has 0 amide bonds. The van der Waals surface area contributed by atoms with Crippen LogP contribution in [0.4, 0.5) is 0 Å². The first-order chi connectivity index (χ1) is 12.2. The fraction of sp³-hybridized carbons (Fsp3) is 0.444. The van der Waals surface area contributed by atoms with Crippen molar-refractivity contribution in [2.75, 3.05) is 12.4 Å². The van der Waals surface area contributed by atoms with Gasteiger partial charge in [0.2, 0.25) is 0 Å². The second-order valence-electron chi connectivity index (χ2n) is 5.78. The molecule has 1 aromatic heterocycles. The van der Waals surface area contributed by atoms with Crippen LogP contribution in [-0.2, 0) is 14.3 Å². The molecular formula is C18H18N2O4S. The standard InChI is InChI=1S/C18H18N2O4S/c1-2-23-15(22)10-25-18-11(9-19)16(14-7-4-8-24-14)17-12(20-18)5-3-6-13(17)21/h4,7-8,11,16H,2-3,5-6,10H2,1H3/t11?,16-/m1/s1. The number of aliphatic imine (C=N–C) groups is 1. The predicted octanol–water partition coefficient (Wildman–Crippen LogP) is 3.22. The van der Waals surface area contributed by atoms with Crippen LogP contribution < -0.4 is 0 Å². The molecule has 0 spiro atoms. The van der Waals surface area contributed by atoms with Gasteiger partial charge in [0, 0.05) is 17.7 Å². The van der Waals surface area contributed by atoms with Crippen molar-refractivity contribution < 1.29 is 18.7 Å². The van der Waals surface area contributed by atoms with Gasteiger partial charge < -0.3 is 9.15 Å². The summed E-state index contributed by atoms with van der Waals surface area (Å²) in [6, 6.07) is 5.77. The Kier molecular flexibility index (Phi) is 5.39. The number of esters is 1. The Bertz CT molecular complexity index is 773. The second kappa shape index (κ2) is 7.70. The number of rotatable bonds is 4. The molecule has 0 saturated carbocycles. The predicted molar refractivity (Wildman–Crippen MR) is 93.0 cm³/mol. The van der Waals surface area contributed by atoms with Gasteiger partial charge in [-0.2, -0.15) is 5.26 Å². The molecule has 0 aromatic carbocycles. The molecule has 25 heavy (non-hydrogen) atoms. The van der Waals surface area contributed by atoms with Crippen molar-refractivity contribution in [2.24, 2.45) is 10.9 Å². The summed E-state index contributed by atoms with van der Waals surface area (Å²) in [5, 5.41) is 10.3. The van der Waals surface area contributed by atoms with Crippen LogP contribution in [0, 0.1) is 17.2 Å². The fourth-order valence-corrected chi connectivity index (χ4v) is 4.08. The van der Waals surface area contributed by atoms with E-state index in [1.807, 2.05) is 0 Å². The average molecular weight is 358 g/mol. The lowest BCUT2D eigenvalue weighted by Crippen LogP contribution is -2.31. The molecule has 6 nitrogen and oxygen atoms in total. The van der Waals surface area contributed by atoms with Crippen molar-refractivity contribution >= 4 is 28.6 Å². The molecule has 7 heteroatoms. The molecular weight excluding hydrogens is 340 g/mol. The van der Waals surface area contributed by atoms with Gasteiger partial charge in [-0.1, -0.05) is 11.8 Å². The first kappa shape index (κ1) is 17.5. The molecule has 0 saturated heterocycles. The lowest BCUT2D eigenvalue weighted by molar-refractivity contribution is -0.139. The number of thioether (sulfide) groups is 1. The van der Waals surface area contributed by atoms with Gasteiger partial charge in [0.05, 0.1) is 35.7 Å². The topological polar surface area (TPSA) is 92.7 Å². The summed E-state index contributed by atoms with van der Waals surface area (Å²) in [5.41, 5.74) is 1.31. The van der Waals surface area contributed by atoms with Gasteiger partial charge in [-0.3, -0.25) is 9.59 Å². The van der Waals surface area contributed by atoms with Gasteiger partial charge in [0.25, 0.3) is 0 Å². The van der Waals surface area contributed by atoms with E-state index < -0.39 is 11.8 Å². The van der Waals surface area contributed by atoms with Crippen molar-refractivity contribution in [1.82, 2.24) is 0 Å². The van der Waals surface area contributed by atoms with E-state index in [1.165, 1.54) is 18.0 Å². The van der Waals surface area contributed by atoms with Gasteiger partial charge in [-0.25, -0.2) is 4.99 Å². The van der Waals surface area contributed by atoms with Crippen LogP contribution in [0.2, 0.25) is 0 Å². The maximum absolute atomic E-state index is 12.5. The van der Waals surface area contributed by atoms with E-state index in [2.05, 4.69) is 11.1 Å². The Hall–Kier alpha value is -2.33. The zero-order valence-corrected chi connectivity index (χ0v) is 14.7. The lowest BCUT2D eigenvalue weighted by Gasteiger charge is -2.31. The van der Waals surface area contributed by atoms with Crippen molar-refractivity contribution in [3.05, 3.63) is 35.4 Å². The molecule has 2 aliphatic rings. The highest BCUT2D eigenvalue weighted by Gasteiger charge is 2.42. The Morgan fingerprint density at radius 1 is 1.52 bits per heavy atom. The Morgan fingerprint density at radius 3 is 3.04 bits per heavy atom. The highest BCUT2D eigenvalue weighted by molar-refractivity contribution is 8.14. The molecule has 1 aliphatic carbocycles. The number of hydrogen-bond donors (Lipinski definition) is 0. The number of nitriles is 1. The van der Waals surface area contributed by atoms with Crippen LogP contribution in [0.3, 0.4) is 0 Å². The zero-order chi connectivity index (χ0) is 17.8. The van der Waals surface area contributed by atoms with Crippen LogP contribution in [0.5, 0.6) is 0 Å². The molecule has 130 valence electrons. The number of ether oxygens (including phenoxy) is 1. The van der Waals surface area contributed by atoms with Crippen molar-refractivity contribution in [1.29, 1.82) is 5.26 Å². The minimum Gasteiger partial charge on any atom is -0.469 e. The molecule has 3 rings (SSSR count). The number of allylic oxidation sites excluding steroid dienone is 2. The van der Waals surface area contributed by atoms with E-state index in [-0.39, 0.29) is 17.5 Å². The molecule has 2 heterocycles. The zero-order valence-electron chi connectivity index (χ0n) is 13.9. The van der Waals surface area contributed by atoms with Crippen LogP contribution >= 0.6 is 11.8 Å². The van der Waals surface area contributed by atoms with E-state index in [1.54, 1.807) is 19.1 Å². The third kappa shape index (κ3) is 3.54. The quantitative estimate of drug-likeness (QED) is 0.767. The Balaban J connectivity index is 1.96. The van der Waals surface area contributed by atoms with E-state index in [4.69, 9.17) is 9.15 Å². The van der Waals surface area contributed by atoms with Gasteiger partial charge in [-0.05, 0) is 31.9 Å². The molecule has 2 atom stereocenters. The summed E-state index contributed by atoms with van der Waals surface area (Å²) in [6.45, 7) is 2.06. The van der Waals surface area contributed by atoms with Gasteiger partial charge in [-0.15, -0.1) is 0 Å². The summed E-state index contributed by atoms with van der Waals surface area (Å²) < 4.78 is 10.5. The summed E-state index contributed by atoms with van der Waals surface area (Å²) in [7, 11) is 0. The first-order valence-electron chi connectivity index (χ1n) is 8.22. The van der Waals surface area contributed by atoms with Gasteiger partial charge in [0.1, 0.15) is 11.7 Å².